The summed E-state index contributed by atoms with van der Waals surface area (Å²) in [6, 6.07) is 13.3. The molecule has 0 spiro atoms. The van der Waals surface area contributed by atoms with Crippen molar-refractivity contribution in [2.45, 2.75) is 13.3 Å². The van der Waals surface area contributed by atoms with Crippen molar-refractivity contribution in [2.24, 2.45) is 0 Å². The molecule has 0 unspecified atom stereocenters. The molecule has 0 amide bonds. The van der Waals surface area contributed by atoms with Crippen LogP contribution in [0.2, 0.25) is 0 Å². The van der Waals surface area contributed by atoms with Gasteiger partial charge in [0.15, 0.2) is 5.78 Å². The molecule has 0 aliphatic carbocycles. The number of ether oxygens (including phenoxy) is 2. The van der Waals surface area contributed by atoms with E-state index < -0.39 is 0 Å². The van der Waals surface area contributed by atoms with Gasteiger partial charge in [0, 0.05) is 6.42 Å². The van der Waals surface area contributed by atoms with Crippen molar-refractivity contribution in [3.63, 3.8) is 0 Å². The summed E-state index contributed by atoms with van der Waals surface area (Å²) in [4.78, 5) is 12.5. The maximum Gasteiger partial charge on any atom is 0.174 e. The molecular formula is C17H18O3. The average Bonchev–Trinajstić information content (AvgIpc) is 2.48. The lowest BCUT2D eigenvalue weighted by atomic mass is 10.0. The maximum absolute atomic E-state index is 12.5. The highest BCUT2D eigenvalue weighted by Gasteiger charge is 2.18. The summed E-state index contributed by atoms with van der Waals surface area (Å²) in [5.74, 6) is 1.08. The smallest absolute Gasteiger partial charge is 0.174 e. The highest BCUT2D eigenvalue weighted by molar-refractivity contribution is 6.02. The lowest BCUT2D eigenvalue weighted by Crippen LogP contribution is -2.08. The lowest BCUT2D eigenvalue weighted by molar-refractivity contribution is 0.0987. The predicted molar refractivity (Wildman–Crippen MR) is 78.8 cm³/mol. The summed E-state index contributed by atoms with van der Waals surface area (Å²) < 4.78 is 10.5. The zero-order valence-corrected chi connectivity index (χ0v) is 12.0. The Morgan fingerprint density at radius 1 is 0.950 bits per heavy atom. The minimum Gasteiger partial charge on any atom is -0.496 e. The van der Waals surface area contributed by atoms with Crippen LogP contribution in [-0.2, 0) is 6.42 Å². The van der Waals surface area contributed by atoms with Gasteiger partial charge in [0.2, 0.25) is 0 Å². The van der Waals surface area contributed by atoms with Crippen LogP contribution in [0.25, 0.3) is 0 Å². The normalized spacial score (nSPS) is 10.2. The molecule has 0 heterocycles. The largest absolute Gasteiger partial charge is 0.496 e. The molecule has 2 rings (SSSR count). The molecule has 3 nitrogen and oxygen atoms in total. The number of Topliss-reactive ketones (excluding diaryl/α,β-unsaturated/α-hetero) is 1. The molecule has 104 valence electrons. The second kappa shape index (κ2) is 6.24. The van der Waals surface area contributed by atoms with E-state index in [1.165, 1.54) is 5.56 Å². The van der Waals surface area contributed by atoms with Crippen LogP contribution in [0.3, 0.4) is 0 Å². The Balaban J connectivity index is 2.31. The van der Waals surface area contributed by atoms with Crippen molar-refractivity contribution >= 4 is 5.78 Å². The van der Waals surface area contributed by atoms with E-state index in [1.807, 2.05) is 31.2 Å². The van der Waals surface area contributed by atoms with Crippen molar-refractivity contribution in [2.75, 3.05) is 14.2 Å². The Morgan fingerprint density at radius 2 is 1.50 bits per heavy atom. The Kier molecular flexibility index (Phi) is 4.41. The maximum atomic E-state index is 12.5. The van der Waals surface area contributed by atoms with Crippen LogP contribution in [0, 0.1) is 6.92 Å². The first-order chi connectivity index (χ1) is 9.65. The fraction of sp³-hybridized carbons (Fsp3) is 0.235. The molecule has 2 aromatic rings. The quantitative estimate of drug-likeness (QED) is 0.781. The summed E-state index contributed by atoms with van der Waals surface area (Å²) in [6.07, 6.45) is 0.330. The topological polar surface area (TPSA) is 35.5 Å². The summed E-state index contributed by atoms with van der Waals surface area (Å²) in [7, 11) is 3.11. The number of aryl methyl sites for hydroxylation is 1. The number of carbonyl (C=O) groups excluding carboxylic acids is 1. The van der Waals surface area contributed by atoms with Gasteiger partial charge in [0.05, 0.1) is 14.2 Å². The summed E-state index contributed by atoms with van der Waals surface area (Å²) in [5.41, 5.74) is 2.66. The van der Waals surface area contributed by atoms with E-state index in [-0.39, 0.29) is 5.78 Å². The number of benzene rings is 2. The monoisotopic (exact) mass is 270 g/mol. The van der Waals surface area contributed by atoms with Gasteiger partial charge in [-0.2, -0.15) is 0 Å². The molecular weight excluding hydrogens is 252 g/mol. The first-order valence-corrected chi connectivity index (χ1v) is 6.45. The van der Waals surface area contributed by atoms with Gasteiger partial charge < -0.3 is 9.47 Å². The molecule has 0 aliphatic heterocycles. The lowest BCUT2D eigenvalue weighted by Gasteiger charge is -2.12. The van der Waals surface area contributed by atoms with Crippen LogP contribution in [0.15, 0.2) is 42.5 Å². The Labute approximate surface area is 119 Å². The Morgan fingerprint density at radius 3 is 2.00 bits per heavy atom. The number of methoxy groups -OCH3 is 2. The third kappa shape index (κ3) is 2.99. The van der Waals surface area contributed by atoms with Crippen molar-refractivity contribution in [3.8, 4) is 11.5 Å². The summed E-state index contributed by atoms with van der Waals surface area (Å²) in [6.45, 7) is 2.02. The van der Waals surface area contributed by atoms with Gasteiger partial charge >= 0.3 is 0 Å². The van der Waals surface area contributed by atoms with E-state index in [1.54, 1.807) is 32.4 Å². The van der Waals surface area contributed by atoms with Gasteiger partial charge in [-0.15, -0.1) is 0 Å². The Hall–Kier alpha value is -2.29. The van der Waals surface area contributed by atoms with Crippen LogP contribution in [0.4, 0.5) is 0 Å². The molecule has 0 atom stereocenters. The second-order valence-electron chi connectivity index (χ2n) is 4.62. The zero-order valence-electron chi connectivity index (χ0n) is 12.0. The van der Waals surface area contributed by atoms with E-state index in [0.717, 1.165) is 5.56 Å². The number of carbonyl (C=O) groups is 1. The second-order valence-corrected chi connectivity index (χ2v) is 4.62. The minimum atomic E-state index is -0.0110. The fourth-order valence-corrected chi connectivity index (χ4v) is 2.11. The van der Waals surface area contributed by atoms with Crippen LogP contribution in [0.1, 0.15) is 21.5 Å². The summed E-state index contributed by atoms with van der Waals surface area (Å²) >= 11 is 0. The van der Waals surface area contributed by atoms with E-state index in [4.69, 9.17) is 9.47 Å². The first-order valence-electron chi connectivity index (χ1n) is 6.45. The third-order valence-corrected chi connectivity index (χ3v) is 3.19. The highest BCUT2D eigenvalue weighted by Crippen LogP contribution is 2.29. The first kappa shape index (κ1) is 14.1. The Bertz CT molecular complexity index is 578. The third-order valence-electron chi connectivity index (χ3n) is 3.19. The van der Waals surface area contributed by atoms with Gasteiger partial charge in [0.1, 0.15) is 17.1 Å². The predicted octanol–water partition coefficient (Wildman–Crippen LogP) is 3.44. The van der Waals surface area contributed by atoms with Crippen molar-refractivity contribution in [1.29, 1.82) is 0 Å². The van der Waals surface area contributed by atoms with E-state index in [9.17, 15) is 4.79 Å². The highest BCUT2D eigenvalue weighted by atomic mass is 16.5. The number of rotatable bonds is 5. The van der Waals surface area contributed by atoms with Crippen LogP contribution < -0.4 is 9.47 Å². The van der Waals surface area contributed by atoms with Gasteiger partial charge in [-0.05, 0) is 24.6 Å². The molecule has 0 N–H and O–H groups in total. The zero-order chi connectivity index (χ0) is 14.5. The van der Waals surface area contributed by atoms with E-state index in [2.05, 4.69) is 0 Å². The molecule has 0 aliphatic rings. The van der Waals surface area contributed by atoms with E-state index >= 15 is 0 Å². The molecule has 0 fully saturated rings. The van der Waals surface area contributed by atoms with Gasteiger partial charge in [-0.3, -0.25) is 4.79 Å². The van der Waals surface area contributed by atoms with E-state index in [0.29, 0.717) is 23.5 Å². The molecule has 0 aromatic heterocycles. The van der Waals surface area contributed by atoms with Crippen LogP contribution >= 0.6 is 0 Å². The molecule has 2 aromatic carbocycles. The van der Waals surface area contributed by atoms with Crippen LogP contribution in [-0.4, -0.2) is 20.0 Å². The molecule has 3 heteroatoms. The fourth-order valence-electron chi connectivity index (χ4n) is 2.11. The van der Waals surface area contributed by atoms with Crippen molar-refractivity contribution < 1.29 is 14.3 Å². The SMILES string of the molecule is COc1cccc(OC)c1C(=O)Cc1ccc(C)cc1. The molecule has 0 saturated heterocycles. The van der Waals surface area contributed by atoms with Gasteiger partial charge in [0.25, 0.3) is 0 Å². The van der Waals surface area contributed by atoms with Crippen molar-refractivity contribution in [3.05, 3.63) is 59.2 Å². The number of hydrogen-bond donors (Lipinski definition) is 0. The standard InChI is InChI=1S/C17H18O3/c1-12-7-9-13(10-8-12)11-14(18)17-15(19-2)5-4-6-16(17)20-3/h4-10H,11H2,1-3H3. The average molecular weight is 270 g/mol. The van der Waals surface area contributed by atoms with Gasteiger partial charge in [-0.1, -0.05) is 35.9 Å². The number of hydrogen-bond acceptors (Lipinski definition) is 3. The molecule has 0 bridgehead atoms. The van der Waals surface area contributed by atoms with Gasteiger partial charge in [-0.25, -0.2) is 0 Å². The van der Waals surface area contributed by atoms with Crippen LogP contribution in [0.5, 0.6) is 11.5 Å². The molecule has 20 heavy (non-hydrogen) atoms. The summed E-state index contributed by atoms with van der Waals surface area (Å²) in [5, 5.41) is 0. The number of ketones is 1. The van der Waals surface area contributed by atoms with Crippen molar-refractivity contribution in [1.82, 2.24) is 0 Å². The molecule has 0 saturated carbocycles. The minimum absolute atomic E-state index is 0.0110. The molecule has 0 radical (unpaired) electrons.